The second kappa shape index (κ2) is 6.29. The fourth-order valence-electron chi connectivity index (χ4n) is 3.26. The number of benzene rings is 1. The van der Waals surface area contributed by atoms with Crippen molar-refractivity contribution in [1.29, 1.82) is 0 Å². The topological polar surface area (TPSA) is 55.8 Å². The van der Waals surface area contributed by atoms with Crippen molar-refractivity contribution >= 4 is 5.97 Å². The molecule has 0 amide bonds. The predicted molar refractivity (Wildman–Crippen MR) is 76.9 cm³/mol. The Morgan fingerprint density at radius 3 is 2.17 bits per heavy atom. The van der Waals surface area contributed by atoms with Crippen LogP contribution in [0.25, 0.3) is 0 Å². The fourth-order valence-corrected chi connectivity index (χ4v) is 3.26. The van der Waals surface area contributed by atoms with Crippen LogP contribution < -0.4 is 9.47 Å². The van der Waals surface area contributed by atoms with E-state index in [4.69, 9.17) is 9.47 Å². The van der Waals surface area contributed by atoms with Crippen molar-refractivity contribution in [3.8, 4) is 11.5 Å². The molecule has 0 bridgehead atoms. The first-order valence-electron chi connectivity index (χ1n) is 7.33. The lowest BCUT2D eigenvalue weighted by Crippen LogP contribution is -2.38. The Labute approximate surface area is 132 Å². The van der Waals surface area contributed by atoms with Crippen molar-refractivity contribution in [2.24, 2.45) is 0 Å². The molecular weight excluding hydrogens is 313 g/mol. The molecule has 1 aromatic rings. The number of hydrogen-bond donors (Lipinski definition) is 1. The summed E-state index contributed by atoms with van der Waals surface area (Å²) in [4.78, 5) is 11.9. The van der Waals surface area contributed by atoms with E-state index in [2.05, 4.69) is 0 Å². The van der Waals surface area contributed by atoms with Gasteiger partial charge in [0.05, 0.1) is 19.6 Å². The van der Waals surface area contributed by atoms with Crippen LogP contribution in [0.4, 0.5) is 13.2 Å². The fraction of sp³-hybridized carbons (Fsp3) is 0.562. The largest absolute Gasteiger partial charge is 0.497 e. The molecule has 0 unspecified atom stereocenters. The molecule has 0 spiro atoms. The molecule has 1 aromatic carbocycles. The monoisotopic (exact) mass is 332 g/mol. The first-order valence-corrected chi connectivity index (χ1v) is 7.33. The van der Waals surface area contributed by atoms with E-state index >= 15 is 0 Å². The minimum absolute atomic E-state index is 0.0284. The second-order valence-electron chi connectivity index (χ2n) is 5.70. The smallest absolute Gasteiger partial charge is 0.420 e. The van der Waals surface area contributed by atoms with E-state index in [0.717, 1.165) is 19.6 Å². The van der Waals surface area contributed by atoms with Crippen LogP contribution in [0, 0.1) is 0 Å². The lowest BCUT2D eigenvalue weighted by Gasteiger charge is -2.35. The molecule has 7 heteroatoms. The molecule has 1 N–H and O–H groups in total. The van der Waals surface area contributed by atoms with E-state index in [9.17, 15) is 23.1 Å². The lowest BCUT2D eigenvalue weighted by atomic mass is 9.68. The number of methoxy groups -OCH3 is 2. The predicted octanol–water partition coefficient (Wildman–Crippen LogP) is 4.01. The van der Waals surface area contributed by atoms with Gasteiger partial charge in [-0.2, -0.15) is 13.2 Å². The summed E-state index contributed by atoms with van der Waals surface area (Å²) in [6.07, 6.45) is -1.94. The van der Waals surface area contributed by atoms with Gasteiger partial charge in [0.15, 0.2) is 0 Å². The quantitative estimate of drug-likeness (QED) is 0.905. The van der Waals surface area contributed by atoms with Crippen molar-refractivity contribution in [1.82, 2.24) is 0 Å². The average Bonchev–Trinajstić information content (AvgIpc) is 2.53. The molecule has 2 rings (SSSR count). The van der Waals surface area contributed by atoms with Crippen LogP contribution in [0.3, 0.4) is 0 Å². The maximum absolute atomic E-state index is 13.3. The summed E-state index contributed by atoms with van der Waals surface area (Å²) in [6, 6.07) is 2.19. The van der Waals surface area contributed by atoms with Gasteiger partial charge in [-0.3, -0.25) is 4.79 Å². The van der Waals surface area contributed by atoms with Gasteiger partial charge in [-0.25, -0.2) is 0 Å². The molecule has 1 saturated carbocycles. The molecule has 0 radical (unpaired) electrons. The Morgan fingerprint density at radius 1 is 1.13 bits per heavy atom. The summed E-state index contributed by atoms with van der Waals surface area (Å²) in [5, 5.41) is 9.74. The first-order chi connectivity index (χ1) is 10.8. The highest BCUT2D eigenvalue weighted by Crippen LogP contribution is 2.49. The van der Waals surface area contributed by atoms with Crippen LogP contribution in [0.1, 0.15) is 43.2 Å². The van der Waals surface area contributed by atoms with Gasteiger partial charge >= 0.3 is 12.1 Å². The number of alkyl halides is 3. The van der Waals surface area contributed by atoms with Crippen molar-refractivity contribution in [2.75, 3.05) is 14.2 Å². The minimum atomic E-state index is -4.66. The highest BCUT2D eigenvalue weighted by molar-refractivity contribution is 5.83. The number of carbonyl (C=O) groups is 1. The van der Waals surface area contributed by atoms with Gasteiger partial charge in [0.2, 0.25) is 0 Å². The zero-order chi connectivity index (χ0) is 17.3. The maximum atomic E-state index is 13.3. The van der Waals surface area contributed by atoms with Crippen LogP contribution in [-0.2, 0) is 16.4 Å². The average molecular weight is 332 g/mol. The molecule has 1 aliphatic carbocycles. The molecule has 1 fully saturated rings. The third kappa shape index (κ3) is 3.09. The van der Waals surface area contributed by atoms with Crippen molar-refractivity contribution in [3.63, 3.8) is 0 Å². The lowest BCUT2D eigenvalue weighted by molar-refractivity contribution is -0.146. The van der Waals surface area contributed by atoms with E-state index in [1.54, 1.807) is 0 Å². The third-order valence-corrected chi connectivity index (χ3v) is 4.44. The number of carboxylic acid groups (broad SMARTS) is 1. The SMILES string of the molecule is COc1cc(C(F)(F)F)c(OC)c(C2(C(=O)O)CCCCC2)c1. The molecule has 4 nitrogen and oxygen atoms in total. The van der Waals surface area contributed by atoms with Crippen LogP contribution in [0.5, 0.6) is 11.5 Å². The molecule has 0 aliphatic heterocycles. The number of rotatable bonds is 4. The Morgan fingerprint density at radius 2 is 1.74 bits per heavy atom. The first kappa shape index (κ1) is 17.4. The Balaban J connectivity index is 2.75. The van der Waals surface area contributed by atoms with Crippen molar-refractivity contribution < 1.29 is 32.5 Å². The van der Waals surface area contributed by atoms with Gasteiger partial charge in [0.25, 0.3) is 0 Å². The van der Waals surface area contributed by atoms with E-state index in [-0.39, 0.29) is 24.2 Å². The van der Waals surface area contributed by atoms with Crippen LogP contribution >= 0.6 is 0 Å². The molecule has 23 heavy (non-hydrogen) atoms. The molecule has 1 aliphatic rings. The summed E-state index contributed by atoms with van der Waals surface area (Å²) < 4.78 is 50.0. The van der Waals surface area contributed by atoms with Crippen LogP contribution in [0.15, 0.2) is 12.1 Å². The van der Waals surface area contributed by atoms with Crippen molar-refractivity contribution in [3.05, 3.63) is 23.3 Å². The van der Waals surface area contributed by atoms with Gasteiger partial charge in [-0.05, 0) is 25.0 Å². The number of aliphatic carboxylic acids is 1. The van der Waals surface area contributed by atoms with Crippen LogP contribution in [0.2, 0.25) is 0 Å². The highest BCUT2D eigenvalue weighted by Gasteiger charge is 2.46. The van der Waals surface area contributed by atoms with E-state index in [0.29, 0.717) is 12.8 Å². The summed E-state index contributed by atoms with van der Waals surface area (Å²) in [7, 11) is 2.37. The van der Waals surface area contributed by atoms with Crippen LogP contribution in [-0.4, -0.2) is 25.3 Å². The summed E-state index contributed by atoms with van der Waals surface area (Å²) in [5.74, 6) is -1.58. The number of ether oxygens (including phenoxy) is 2. The molecular formula is C16H19F3O4. The molecule has 0 heterocycles. The number of halogens is 3. The van der Waals surface area contributed by atoms with Crippen molar-refractivity contribution in [2.45, 2.75) is 43.7 Å². The summed E-state index contributed by atoms with van der Waals surface area (Å²) >= 11 is 0. The van der Waals surface area contributed by atoms with E-state index < -0.39 is 28.9 Å². The van der Waals surface area contributed by atoms with Gasteiger partial charge in [0, 0.05) is 5.56 Å². The summed E-state index contributed by atoms with van der Waals surface area (Å²) in [5.41, 5.74) is -2.35. The molecule has 0 atom stereocenters. The summed E-state index contributed by atoms with van der Waals surface area (Å²) in [6.45, 7) is 0. The van der Waals surface area contributed by atoms with E-state index in [1.165, 1.54) is 13.2 Å². The minimum Gasteiger partial charge on any atom is -0.497 e. The molecule has 0 saturated heterocycles. The van der Waals surface area contributed by atoms with Gasteiger partial charge in [-0.1, -0.05) is 19.3 Å². The maximum Gasteiger partial charge on any atom is 0.420 e. The molecule has 0 aromatic heterocycles. The second-order valence-corrected chi connectivity index (χ2v) is 5.70. The third-order valence-electron chi connectivity index (χ3n) is 4.44. The number of carboxylic acids is 1. The van der Waals surface area contributed by atoms with Gasteiger partial charge in [0.1, 0.15) is 17.1 Å². The van der Waals surface area contributed by atoms with E-state index in [1.807, 2.05) is 0 Å². The molecule has 128 valence electrons. The number of hydrogen-bond acceptors (Lipinski definition) is 3. The van der Waals surface area contributed by atoms with Gasteiger partial charge < -0.3 is 14.6 Å². The zero-order valence-electron chi connectivity index (χ0n) is 13.0. The Kier molecular flexibility index (Phi) is 4.77. The standard InChI is InChI=1S/C16H19F3O4/c1-22-10-8-11(13(23-2)12(9-10)16(17,18)19)15(14(20)21)6-4-3-5-7-15/h8-9H,3-7H2,1-2H3,(H,20,21). The zero-order valence-corrected chi connectivity index (χ0v) is 13.0. The van der Waals surface area contributed by atoms with Gasteiger partial charge in [-0.15, -0.1) is 0 Å². The highest BCUT2D eigenvalue weighted by atomic mass is 19.4. The Hall–Kier alpha value is -1.92. The normalized spacial score (nSPS) is 17.6. The Bertz CT molecular complexity index is 590.